The molecular formula is C29H41N5O4. The van der Waals surface area contributed by atoms with E-state index in [1.807, 2.05) is 73.0 Å². The molecule has 2 aliphatic rings. The molecule has 206 valence electrons. The van der Waals surface area contributed by atoms with E-state index in [0.717, 1.165) is 29.3 Å². The fourth-order valence-corrected chi connectivity index (χ4v) is 5.28. The maximum absolute atomic E-state index is 13.2. The monoisotopic (exact) mass is 523 g/mol. The summed E-state index contributed by atoms with van der Waals surface area (Å²) in [7, 11) is 1.72. The van der Waals surface area contributed by atoms with E-state index in [1.54, 1.807) is 20.9 Å². The Labute approximate surface area is 225 Å². The lowest BCUT2D eigenvalue weighted by atomic mass is 9.85. The van der Waals surface area contributed by atoms with Crippen molar-refractivity contribution in [3.8, 4) is 0 Å². The first kappa shape index (κ1) is 29.1. The largest absolute Gasteiger partial charge is 0.342 e. The van der Waals surface area contributed by atoms with Gasteiger partial charge in [0.05, 0.1) is 18.1 Å². The minimum Gasteiger partial charge on any atom is -0.342 e. The van der Waals surface area contributed by atoms with Crippen LogP contribution in [-0.2, 0) is 19.2 Å². The normalized spacial score (nSPS) is 20.2. The van der Waals surface area contributed by atoms with Gasteiger partial charge in [0.25, 0.3) is 0 Å². The molecule has 0 aliphatic carbocycles. The third-order valence-corrected chi connectivity index (χ3v) is 7.49. The summed E-state index contributed by atoms with van der Waals surface area (Å²) in [4.78, 5) is 51.4. The molecule has 9 heteroatoms. The molecule has 0 aromatic heterocycles. The lowest BCUT2D eigenvalue weighted by Crippen LogP contribution is -2.58. The van der Waals surface area contributed by atoms with Crippen LogP contribution in [0.1, 0.15) is 47.5 Å². The van der Waals surface area contributed by atoms with E-state index >= 15 is 0 Å². The number of nitrogens with zero attached hydrogens (tertiary/aromatic N) is 2. The van der Waals surface area contributed by atoms with Gasteiger partial charge in [-0.2, -0.15) is 0 Å². The Morgan fingerprint density at radius 2 is 1.58 bits per heavy atom. The third-order valence-electron chi connectivity index (χ3n) is 7.49. The number of likely N-dealkylation sites (tertiary alicyclic amines) is 2. The number of hydrogen-bond donors (Lipinski definition) is 3. The van der Waals surface area contributed by atoms with Crippen LogP contribution in [0.2, 0.25) is 0 Å². The van der Waals surface area contributed by atoms with E-state index in [9.17, 15) is 19.2 Å². The minimum atomic E-state index is -0.582. The number of anilines is 1. The Morgan fingerprint density at radius 3 is 2.18 bits per heavy atom. The molecule has 2 aromatic carbocycles. The maximum Gasteiger partial charge on any atom is 0.246 e. The molecule has 0 saturated carbocycles. The Bertz CT molecular complexity index is 1160. The van der Waals surface area contributed by atoms with Crippen molar-refractivity contribution in [3.05, 3.63) is 42.5 Å². The SMILES string of the molecule is CN[C@@H](C)C(=O)NC(C(=O)N1CCC2C1CCN2C(C)=O)C(C)(C)C.O=CNc1cccc2ccccc12. The molecule has 4 rings (SSSR count). The Morgan fingerprint density at radius 1 is 0.974 bits per heavy atom. The molecule has 0 bridgehead atoms. The average Bonchev–Trinajstić information content (AvgIpc) is 3.49. The molecule has 2 aromatic rings. The first-order valence-electron chi connectivity index (χ1n) is 13.2. The van der Waals surface area contributed by atoms with Crippen LogP contribution < -0.4 is 16.0 Å². The molecule has 9 nitrogen and oxygen atoms in total. The van der Waals surface area contributed by atoms with Gasteiger partial charge in [-0.3, -0.25) is 19.2 Å². The fourth-order valence-electron chi connectivity index (χ4n) is 5.28. The van der Waals surface area contributed by atoms with Crippen molar-refractivity contribution in [2.75, 3.05) is 25.5 Å². The highest BCUT2D eigenvalue weighted by Crippen LogP contribution is 2.33. The molecule has 2 fully saturated rings. The van der Waals surface area contributed by atoms with E-state index in [0.29, 0.717) is 19.5 Å². The molecule has 2 aliphatic heterocycles. The number of carbonyl (C=O) groups excluding carboxylic acids is 4. The molecule has 3 N–H and O–H groups in total. The Balaban J connectivity index is 0.000000256. The zero-order valence-electron chi connectivity index (χ0n) is 23.3. The van der Waals surface area contributed by atoms with E-state index in [2.05, 4.69) is 16.0 Å². The predicted octanol–water partition coefficient (Wildman–Crippen LogP) is 2.76. The zero-order valence-corrected chi connectivity index (χ0v) is 23.3. The second-order valence-corrected chi connectivity index (χ2v) is 11.1. The second kappa shape index (κ2) is 12.4. The lowest BCUT2D eigenvalue weighted by molar-refractivity contribution is -0.140. The van der Waals surface area contributed by atoms with Crippen molar-refractivity contribution in [2.45, 2.75) is 71.6 Å². The standard InChI is InChI=1S/C18H32N4O3.C11H9NO/c1-11(19-6)16(24)20-15(18(3,4)5)17(25)22-10-8-13-14(22)7-9-21(13)12(2)23;13-8-12-11-7-3-5-9-4-1-2-6-10(9)11/h11,13-15,19H,7-10H2,1-6H3,(H,20,24);1-8H,(H,12,13)/t11-,13?,14?,15?;/m0./s1. The number of benzene rings is 2. The summed E-state index contributed by atoms with van der Waals surface area (Å²) in [6, 6.07) is 13.0. The molecule has 4 atom stereocenters. The van der Waals surface area contributed by atoms with E-state index in [4.69, 9.17) is 0 Å². The molecule has 0 radical (unpaired) electrons. The van der Waals surface area contributed by atoms with Gasteiger partial charge < -0.3 is 25.8 Å². The number of nitrogens with one attached hydrogen (secondary N) is 3. The number of likely N-dealkylation sites (N-methyl/N-ethyl adjacent to an activating group) is 1. The number of carbonyl (C=O) groups is 4. The van der Waals surface area contributed by atoms with Gasteiger partial charge >= 0.3 is 0 Å². The van der Waals surface area contributed by atoms with Crippen LogP contribution in [-0.4, -0.2) is 78.2 Å². The highest BCUT2D eigenvalue weighted by molar-refractivity contribution is 5.97. The van der Waals surface area contributed by atoms with Crippen LogP contribution in [0.4, 0.5) is 5.69 Å². The molecule has 2 saturated heterocycles. The van der Waals surface area contributed by atoms with Gasteiger partial charge in [0.15, 0.2) is 0 Å². The van der Waals surface area contributed by atoms with E-state index < -0.39 is 11.5 Å². The van der Waals surface area contributed by atoms with Crippen molar-refractivity contribution in [3.63, 3.8) is 0 Å². The van der Waals surface area contributed by atoms with Gasteiger partial charge in [0.1, 0.15) is 6.04 Å². The minimum absolute atomic E-state index is 0.0398. The average molecular weight is 524 g/mol. The van der Waals surface area contributed by atoms with Crippen molar-refractivity contribution in [1.82, 2.24) is 20.4 Å². The summed E-state index contributed by atoms with van der Waals surface area (Å²) in [5, 5.41) is 10.7. The van der Waals surface area contributed by atoms with Gasteiger partial charge in [0.2, 0.25) is 24.1 Å². The van der Waals surface area contributed by atoms with Crippen LogP contribution in [0.5, 0.6) is 0 Å². The van der Waals surface area contributed by atoms with Crippen LogP contribution >= 0.6 is 0 Å². The number of fused-ring (bicyclic) bond motifs is 2. The topological polar surface area (TPSA) is 111 Å². The molecule has 3 unspecified atom stereocenters. The van der Waals surface area contributed by atoms with Gasteiger partial charge in [-0.15, -0.1) is 0 Å². The molecule has 38 heavy (non-hydrogen) atoms. The van der Waals surface area contributed by atoms with Gasteiger partial charge in [-0.05, 0) is 43.7 Å². The molecule has 4 amide bonds. The smallest absolute Gasteiger partial charge is 0.246 e. The summed E-state index contributed by atoms with van der Waals surface area (Å²) in [6.07, 6.45) is 2.32. The third kappa shape index (κ3) is 6.51. The van der Waals surface area contributed by atoms with Crippen molar-refractivity contribution in [2.24, 2.45) is 5.41 Å². The van der Waals surface area contributed by atoms with Crippen LogP contribution in [0, 0.1) is 5.41 Å². The van der Waals surface area contributed by atoms with Gasteiger partial charge in [-0.25, -0.2) is 0 Å². The first-order valence-corrected chi connectivity index (χ1v) is 13.2. The lowest BCUT2D eigenvalue weighted by Gasteiger charge is -2.36. The Hall–Kier alpha value is -3.46. The quantitative estimate of drug-likeness (QED) is 0.505. The Kier molecular flexibility index (Phi) is 9.49. The number of hydrogen-bond acceptors (Lipinski definition) is 5. The zero-order chi connectivity index (χ0) is 28.0. The molecule has 0 spiro atoms. The van der Waals surface area contributed by atoms with Crippen LogP contribution in [0.25, 0.3) is 10.8 Å². The second-order valence-electron chi connectivity index (χ2n) is 11.1. The summed E-state index contributed by atoms with van der Waals surface area (Å²) < 4.78 is 0. The fraction of sp³-hybridized carbons (Fsp3) is 0.517. The first-order chi connectivity index (χ1) is 18.0. The summed E-state index contributed by atoms with van der Waals surface area (Å²) in [5.74, 6) is -0.143. The molecule has 2 heterocycles. The summed E-state index contributed by atoms with van der Waals surface area (Å²) in [5.41, 5.74) is 0.463. The van der Waals surface area contributed by atoms with E-state index in [-0.39, 0.29) is 35.8 Å². The summed E-state index contributed by atoms with van der Waals surface area (Å²) >= 11 is 0. The number of rotatable bonds is 6. The van der Waals surface area contributed by atoms with Crippen molar-refractivity contribution >= 4 is 40.6 Å². The van der Waals surface area contributed by atoms with E-state index in [1.165, 1.54) is 0 Å². The van der Waals surface area contributed by atoms with Gasteiger partial charge in [0, 0.05) is 31.1 Å². The highest BCUT2D eigenvalue weighted by Gasteiger charge is 2.48. The summed E-state index contributed by atoms with van der Waals surface area (Å²) in [6.45, 7) is 10.6. The van der Waals surface area contributed by atoms with Crippen LogP contribution in [0.15, 0.2) is 42.5 Å². The number of amides is 4. The predicted molar refractivity (Wildman–Crippen MR) is 149 cm³/mol. The van der Waals surface area contributed by atoms with Crippen LogP contribution in [0.3, 0.4) is 0 Å². The van der Waals surface area contributed by atoms with Gasteiger partial charge in [-0.1, -0.05) is 57.2 Å². The maximum atomic E-state index is 13.2. The van der Waals surface area contributed by atoms with Crippen molar-refractivity contribution < 1.29 is 19.2 Å². The molecular weight excluding hydrogens is 482 g/mol. The highest BCUT2D eigenvalue weighted by atomic mass is 16.2. The van der Waals surface area contributed by atoms with Crippen molar-refractivity contribution in [1.29, 1.82) is 0 Å².